The fourth-order valence-corrected chi connectivity index (χ4v) is 7.15. The SMILES string of the molecule is CSc1ccc(S(=O)(=O)C[C@@H]2C[C@H](NC(C)C)CC[C@@H]2NC(=O)CNC(=O)c2cc(C(F)(F)F)ccc2NC(=O)O)cc1. The minimum absolute atomic E-state index is 0.0352. The van der Waals surface area contributed by atoms with Gasteiger partial charge in [-0.3, -0.25) is 14.9 Å². The van der Waals surface area contributed by atoms with Crippen molar-refractivity contribution in [3.63, 3.8) is 0 Å². The van der Waals surface area contributed by atoms with E-state index in [4.69, 9.17) is 5.11 Å². The largest absolute Gasteiger partial charge is 0.465 e. The van der Waals surface area contributed by atoms with Crippen LogP contribution in [0.2, 0.25) is 0 Å². The van der Waals surface area contributed by atoms with E-state index in [9.17, 15) is 36.0 Å². The normalized spacial score (nSPS) is 19.1. The van der Waals surface area contributed by atoms with Crippen LogP contribution >= 0.6 is 11.8 Å². The average molecular weight is 645 g/mol. The molecule has 0 radical (unpaired) electrons. The van der Waals surface area contributed by atoms with Gasteiger partial charge in [-0.1, -0.05) is 13.8 Å². The van der Waals surface area contributed by atoms with Crippen LogP contribution in [0.15, 0.2) is 52.3 Å². The highest BCUT2D eigenvalue weighted by molar-refractivity contribution is 7.98. The Morgan fingerprint density at radius 3 is 2.33 bits per heavy atom. The zero-order valence-electron chi connectivity index (χ0n) is 23.8. The van der Waals surface area contributed by atoms with Gasteiger partial charge in [0.2, 0.25) is 5.91 Å². The lowest BCUT2D eigenvalue weighted by molar-refractivity contribution is -0.137. The summed E-state index contributed by atoms with van der Waals surface area (Å²) < 4.78 is 66.3. The van der Waals surface area contributed by atoms with Crippen LogP contribution in [0.4, 0.5) is 23.7 Å². The molecule has 2 aromatic carbocycles. The van der Waals surface area contributed by atoms with Gasteiger partial charge in [-0.2, -0.15) is 13.2 Å². The summed E-state index contributed by atoms with van der Waals surface area (Å²) in [5.74, 6) is -2.43. The van der Waals surface area contributed by atoms with E-state index >= 15 is 0 Å². The monoisotopic (exact) mass is 644 g/mol. The Balaban J connectivity index is 1.73. The molecular formula is C28H35F3N4O6S2. The van der Waals surface area contributed by atoms with Crippen molar-refractivity contribution in [3.05, 3.63) is 53.6 Å². The summed E-state index contributed by atoms with van der Waals surface area (Å²) in [5.41, 5.74) is -2.16. The quantitative estimate of drug-likeness (QED) is 0.226. The maximum atomic E-state index is 13.3. The summed E-state index contributed by atoms with van der Waals surface area (Å²) in [6.07, 6.45) is -2.88. The number of alkyl halides is 3. The molecule has 1 saturated carbocycles. The average Bonchev–Trinajstić information content (AvgIpc) is 2.92. The van der Waals surface area contributed by atoms with Crippen LogP contribution < -0.4 is 21.3 Å². The third-order valence-corrected chi connectivity index (χ3v) is 9.59. The number of carbonyl (C=O) groups is 3. The number of benzene rings is 2. The van der Waals surface area contributed by atoms with Gasteiger partial charge in [0.05, 0.1) is 34.0 Å². The number of amides is 3. The summed E-state index contributed by atoms with van der Waals surface area (Å²) in [5, 5.41) is 19.3. The van der Waals surface area contributed by atoms with E-state index in [0.29, 0.717) is 31.4 Å². The third kappa shape index (κ3) is 9.86. The Labute approximate surface area is 252 Å². The van der Waals surface area contributed by atoms with Crippen molar-refractivity contribution in [1.29, 1.82) is 0 Å². The number of anilines is 1. The molecule has 10 nitrogen and oxygen atoms in total. The standard InChI is InChI=1S/C28H35F3N4O6S2/c1-16(2)33-19-5-11-23(17(12-19)15-43(40,41)21-8-6-20(42-3)7-9-21)34-25(36)14-32-26(37)22-13-18(28(29,30)31)4-10-24(22)35-27(38)39/h4,6-10,13,16-17,19,23,33,35H,5,11-12,14-15H2,1-3H3,(H,32,37)(H,34,36)(H,38,39)/t17-,19+,23-/m0/s1. The number of sulfone groups is 1. The molecule has 0 bridgehead atoms. The third-order valence-electron chi connectivity index (χ3n) is 6.99. The second-order valence-corrected chi connectivity index (χ2v) is 13.5. The fraction of sp³-hybridized carbons (Fsp3) is 0.464. The minimum atomic E-state index is -4.79. The van der Waals surface area contributed by atoms with Crippen LogP contribution in [0.25, 0.3) is 0 Å². The predicted octanol–water partition coefficient (Wildman–Crippen LogP) is 4.37. The summed E-state index contributed by atoms with van der Waals surface area (Å²) >= 11 is 1.49. The molecule has 3 amide bonds. The Hall–Kier alpha value is -3.30. The molecule has 1 aliphatic rings. The molecule has 15 heteroatoms. The topological polar surface area (TPSA) is 154 Å². The lowest BCUT2D eigenvalue weighted by Crippen LogP contribution is -2.52. The molecule has 5 N–H and O–H groups in total. The van der Waals surface area contributed by atoms with Crippen LogP contribution in [0.1, 0.15) is 49.0 Å². The first-order valence-electron chi connectivity index (χ1n) is 13.5. The summed E-state index contributed by atoms with van der Waals surface area (Å²) in [4.78, 5) is 37.8. The van der Waals surface area contributed by atoms with E-state index in [1.807, 2.05) is 25.4 Å². The molecule has 3 atom stereocenters. The fourth-order valence-electron chi connectivity index (χ4n) is 5.07. The number of thioether (sulfide) groups is 1. The second kappa shape index (κ2) is 14.4. The highest BCUT2D eigenvalue weighted by Gasteiger charge is 2.36. The Morgan fingerprint density at radius 2 is 1.74 bits per heavy atom. The molecule has 0 aliphatic heterocycles. The molecule has 43 heavy (non-hydrogen) atoms. The van der Waals surface area contributed by atoms with E-state index in [0.717, 1.165) is 11.0 Å². The van der Waals surface area contributed by atoms with Crippen molar-refractivity contribution >= 4 is 45.2 Å². The van der Waals surface area contributed by atoms with Gasteiger partial charge >= 0.3 is 12.3 Å². The van der Waals surface area contributed by atoms with Gasteiger partial charge in [-0.05, 0) is 73.9 Å². The Bertz CT molecular complexity index is 1420. The highest BCUT2D eigenvalue weighted by atomic mass is 32.2. The zero-order valence-corrected chi connectivity index (χ0v) is 25.5. The van der Waals surface area contributed by atoms with Crippen LogP contribution in [-0.4, -0.2) is 68.1 Å². The van der Waals surface area contributed by atoms with Gasteiger partial charge in [0.1, 0.15) is 0 Å². The maximum Gasteiger partial charge on any atom is 0.416 e. The molecule has 0 saturated heterocycles. The van der Waals surface area contributed by atoms with Crippen LogP contribution in [0.3, 0.4) is 0 Å². The first-order valence-corrected chi connectivity index (χ1v) is 16.4. The number of nitrogens with one attached hydrogen (secondary N) is 4. The Kier molecular flexibility index (Phi) is 11.5. The van der Waals surface area contributed by atoms with E-state index in [1.165, 1.54) is 11.8 Å². The summed E-state index contributed by atoms with van der Waals surface area (Å²) in [6, 6.07) is 8.17. The lowest BCUT2D eigenvalue weighted by Gasteiger charge is -2.37. The molecule has 2 aromatic rings. The van der Waals surface area contributed by atoms with Crippen molar-refractivity contribution in [2.24, 2.45) is 5.92 Å². The van der Waals surface area contributed by atoms with Gasteiger partial charge in [0.25, 0.3) is 5.91 Å². The van der Waals surface area contributed by atoms with Crippen molar-refractivity contribution < 1.29 is 41.1 Å². The minimum Gasteiger partial charge on any atom is -0.465 e. The first-order chi connectivity index (χ1) is 20.1. The second-order valence-electron chi connectivity index (χ2n) is 10.6. The van der Waals surface area contributed by atoms with E-state index in [2.05, 4.69) is 16.0 Å². The van der Waals surface area contributed by atoms with Crippen LogP contribution in [0.5, 0.6) is 0 Å². The molecule has 1 fully saturated rings. The number of hydrogen-bond donors (Lipinski definition) is 5. The van der Waals surface area contributed by atoms with E-state index < -0.39 is 63.6 Å². The first kappa shape index (κ1) is 34.2. The van der Waals surface area contributed by atoms with Crippen molar-refractivity contribution in [2.75, 3.05) is 23.9 Å². The summed E-state index contributed by atoms with van der Waals surface area (Å²) in [7, 11) is -3.70. The lowest BCUT2D eigenvalue weighted by atomic mass is 9.82. The van der Waals surface area contributed by atoms with Gasteiger partial charge in [-0.15, -0.1) is 11.8 Å². The van der Waals surface area contributed by atoms with E-state index in [1.54, 1.807) is 24.3 Å². The number of halogens is 3. The molecular weight excluding hydrogens is 609 g/mol. The Morgan fingerprint density at radius 1 is 1.07 bits per heavy atom. The van der Waals surface area contributed by atoms with Gasteiger partial charge in [-0.25, -0.2) is 13.2 Å². The smallest absolute Gasteiger partial charge is 0.416 e. The molecule has 0 heterocycles. The van der Waals surface area contributed by atoms with Crippen LogP contribution in [-0.2, 0) is 20.8 Å². The van der Waals surface area contributed by atoms with Crippen LogP contribution in [0, 0.1) is 5.92 Å². The number of hydrogen-bond acceptors (Lipinski definition) is 7. The van der Waals surface area contributed by atoms with E-state index in [-0.39, 0.29) is 28.4 Å². The molecule has 0 spiro atoms. The number of carboxylic acid groups (broad SMARTS) is 1. The van der Waals surface area contributed by atoms with Crippen molar-refractivity contribution in [1.82, 2.24) is 16.0 Å². The highest BCUT2D eigenvalue weighted by Crippen LogP contribution is 2.32. The van der Waals surface area contributed by atoms with Gasteiger partial charge in [0, 0.05) is 23.0 Å². The molecule has 0 aromatic heterocycles. The molecule has 0 unspecified atom stereocenters. The molecule has 1 aliphatic carbocycles. The predicted molar refractivity (Wildman–Crippen MR) is 157 cm³/mol. The van der Waals surface area contributed by atoms with Crippen molar-refractivity contribution in [3.8, 4) is 0 Å². The van der Waals surface area contributed by atoms with Gasteiger partial charge < -0.3 is 21.1 Å². The summed E-state index contributed by atoms with van der Waals surface area (Å²) in [6.45, 7) is 3.34. The number of rotatable bonds is 11. The van der Waals surface area contributed by atoms with Crippen molar-refractivity contribution in [2.45, 2.75) is 67.2 Å². The molecule has 236 valence electrons. The zero-order chi connectivity index (χ0) is 31.9. The number of carbonyl (C=O) groups excluding carboxylic acids is 2. The molecule has 3 rings (SSSR count). The van der Waals surface area contributed by atoms with Gasteiger partial charge in [0.15, 0.2) is 9.84 Å². The maximum absolute atomic E-state index is 13.3.